The van der Waals surface area contributed by atoms with Crippen LogP contribution in [0.5, 0.6) is 5.75 Å². The number of guanidine groups is 1. The Morgan fingerprint density at radius 3 is 2.65 bits per heavy atom. The monoisotopic (exact) mass is 371 g/mol. The Kier molecular flexibility index (Phi) is 7.55. The number of thioether (sulfide) groups is 1. The number of anilines is 1. The molecule has 0 aliphatic heterocycles. The highest BCUT2D eigenvalue weighted by Crippen LogP contribution is 2.29. The zero-order valence-corrected chi connectivity index (χ0v) is 15.5. The van der Waals surface area contributed by atoms with Gasteiger partial charge < -0.3 is 15.4 Å². The van der Waals surface area contributed by atoms with Crippen molar-refractivity contribution in [1.29, 1.82) is 0 Å². The van der Waals surface area contributed by atoms with Gasteiger partial charge in [-0.25, -0.2) is 4.99 Å². The molecule has 4 nitrogen and oxygen atoms in total. The maximum absolute atomic E-state index is 6.16. The molecule has 0 aliphatic rings. The van der Waals surface area contributed by atoms with Crippen LogP contribution in [0.1, 0.15) is 0 Å². The molecular weight excluding hydrogens is 353 g/mol. The third-order valence-electron chi connectivity index (χ3n) is 3.17. The smallest absolute Gasteiger partial charge is 0.200 e. The minimum absolute atomic E-state index is 0. The van der Waals surface area contributed by atoms with Gasteiger partial charge in [-0.05, 0) is 36.6 Å². The second kappa shape index (κ2) is 8.91. The lowest BCUT2D eigenvalue weighted by Crippen LogP contribution is -2.33. The van der Waals surface area contributed by atoms with Crippen LogP contribution in [-0.2, 0) is 0 Å². The van der Waals surface area contributed by atoms with E-state index in [2.05, 4.69) is 11.1 Å². The summed E-state index contributed by atoms with van der Waals surface area (Å²) in [5, 5.41) is 0.523. The molecule has 2 rings (SSSR count). The molecule has 0 heterocycles. The number of methoxy groups -OCH3 is 1. The Morgan fingerprint density at radius 2 is 2.00 bits per heavy atom. The van der Waals surface area contributed by atoms with Gasteiger partial charge in [-0.1, -0.05) is 17.7 Å². The van der Waals surface area contributed by atoms with Crippen molar-refractivity contribution in [2.45, 2.75) is 4.90 Å². The fourth-order valence-corrected chi connectivity index (χ4v) is 2.47. The molecule has 0 aromatic heterocycles. The van der Waals surface area contributed by atoms with Crippen LogP contribution in [0.2, 0.25) is 5.02 Å². The molecule has 7 heteroatoms. The van der Waals surface area contributed by atoms with Crippen LogP contribution in [0.25, 0.3) is 0 Å². The Morgan fingerprint density at radius 1 is 1.26 bits per heavy atom. The molecule has 0 bridgehead atoms. The highest BCUT2D eigenvalue weighted by molar-refractivity contribution is 7.98. The summed E-state index contributed by atoms with van der Waals surface area (Å²) in [6, 6.07) is 13.3. The van der Waals surface area contributed by atoms with E-state index in [9.17, 15) is 0 Å². The first kappa shape index (κ1) is 19.5. The van der Waals surface area contributed by atoms with Gasteiger partial charge in [0.25, 0.3) is 0 Å². The maximum Gasteiger partial charge on any atom is 0.200 e. The van der Waals surface area contributed by atoms with Gasteiger partial charge in [0.05, 0.1) is 17.8 Å². The molecule has 124 valence electrons. The van der Waals surface area contributed by atoms with E-state index in [4.69, 9.17) is 22.1 Å². The average Bonchev–Trinajstić information content (AvgIpc) is 2.56. The van der Waals surface area contributed by atoms with Gasteiger partial charge in [0, 0.05) is 23.7 Å². The lowest BCUT2D eigenvalue weighted by molar-refractivity contribution is 0.415. The number of aliphatic imine (C=N–C) groups is 1. The van der Waals surface area contributed by atoms with Crippen LogP contribution in [0, 0.1) is 0 Å². The first-order valence-electron chi connectivity index (χ1n) is 6.60. The van der Waals surface area contributed by atoms with Crippen molar-refractivity contribution in [3.05, 3.63) is 47.5 Å². The summed E-state index contributed by atoms with van der Waals surface area (Å²) in [5.41, 5.74) is 7.64. The van der Waals surface area contributed by atoms with Crippen molar-refractivity contribution in [2.75, 3.05) is 25.3 Å². The largest absolute Gasteiger partial charge is 0.497 e. The highest BCUT2D eigenvalue weighted by Gasteiger charge is 2.08. The van der Waals surface area contributed by atoms with Gasteiger partial charge in [-0.2, -0.15) is 0 Å². The lowest BCUT2D eigenvalue weighted by atomic mass is 10.3. The van der Waals surface area contributed by atoms with Crippen molar-refractivity contribution in [3.8, 4) is 5.75 Å². The maximum atomic E-state index is 6.16. The van der Waals surface area contributed by atoms with Gasteiger partial charge in [-0.3, -0.25) is 0 Å². The minimum atomic E-state index is 0. The first-order chi connectivity index (χ1) is 10.5. The number of hydrogen-bond donors (Lipinski definition) is 1. The van der Waals surface area contributed by atoms with Crippen molar-refractivity contribution in [2.24, 2.45) is 10.7 Å². The van der Waals surface area contributed by atoms with Gasteiger partial charge in [-0.15, -0.1) is 24.2 Å². The van der Waals surface area contributed by atoms with E-state index in [0.717, 1.165) is 10.6 Å². The number of ether oxygens (including phenoxy) is 1. The average molecular weight is 372 g/mol. The van der Waals surface area contributed by atoms with Gasteiger partial charge in [0.1, 0.15) is 5.75 Å². The van der Waals surface area contributed by atoms with Crippen LogP contribution in [-0.4, -0.2) is 26.4 Å². The second-order valence-corrected chi connectivity index (χ2v) is 5.83. The van der Waals surface area contributed by atoms with Gasteiger partial charge >= 0.3 is 0 Å². The van der Waals surface area contributed by atoms with Crippen LogP contribution in [0.4, 0.5) is 11.4 Å². The number of nitrogens with two attached hydrogens (primary N) is 1. The fraction of sp³-hybridized carbons (Fsp3) is 0.188. The molecule has 23 heavy (non-hydrogen) atoms. The molecule has 0 unspecified atom stereocenters. The second-order valence-electron chi connectivity index (χ2n) is 4.55. The Hall–Kier alpha value is -1.56. The van der Waals surface area contributed by atoms with E-state index in [1.807, 2.05) is 36.4 Å². The summed E-state index contributed by atoms with van der Waals surface area (Å²) in [6.45, 7) is 0. The van der Waals surface area contributed by atoms with Crippen LogP contribution in [0.15, 0.2) is 52.4 Å². The predicted molar refractivity (Wildman–Crippen MR) is 103 cm³/mol. The normalized spacial score (nSPS) is 10.9. The summed E-state index contributed by atoms with van der Waals surface area (Å²) >= 11 is 7.83. The summed E-state index contributed by atoms with van der Waals surface area (Å²) in [7, 11) is 3.46. The zero-order chi connectivity index (χ0) is 16.1. The third kappa shape index (κ3) is 4.96. The number of benzene rings is 2. The first-order valence-corrected chi connectivity index (χ1v) is 8.21. The quantitative estimate of drug-likeness (QED) is 0.485. The molecule has 2 N–H and O–H groups in total. The van der Waals surface area contributed by atoms with E-state index in [-0.39, 0.29) is 12.4 Å². The third-order valence-corrected chi connectivity index (χ3v) is 4.22. The number of hydrogen-bond acceptors (Lipinski definition) is 3. The number of nitrogens with zero attached hydrogens (tertiary/aromatic N) is 2. The van der Waals surface area contributed by atoms with E-state index in [0.29, 0.717) is 22.4 Å². The molecule has 0 atom stereocenters. The van der Waals surface area contributed by atoms with Gasteiger partial charge in [0.15, 0.2) is 0 Å². The Balaban J connectivity index is 0.00000264. The number of rotatable bonds is 4. The van der Waals surface area contributed by atoms with Crippen LogP contribution < -0.4 is 15.4 Å². The van der Waals surface area contributed by atoms with E-state index in [1.54, 1.807) is 37.1 Å². The predicted octanol–water partition coefficient (Wildman–Crippen LogP) is 4.57. The summed E-state index contributed by atoms with van der Waals surface area (Å²) in [4.78, 5) is 7.38. The summed E-state index contributed by atoms with van der Waals surface area (Å²) < 4.78 is 5.18. The molecule has 2 aromatic rings. The molecule has 0 aliphatic carbocycles. The minimum Gasteiger partial charge on any atom is -0.497 e. The van der Waals surface area contributed by atoms with Crippen LogP contribution >= 0.6 is 35.8 Å². The van der Waals surface area contributed by atoms with E-state index < -0.39 is 0 Å². The molecule has 0 amide bonds. The molecule has 0 spiro atoms. The van der Waals surface area contributed by atoms with Gasteiger partial charge in [0.2, 0.25) is 5.96 Å². The van der Waals surface area contributed by atoms with Crippen LogP contribution in [0.3, 0.4) is 0 Å². The van der Waals surface area contributed by atoms with Crippen molar-refractivity contribution >= 4 is 53.1 Å². The molecular formula is C16H19Cl2N3OS. The number of halogens is 2. The highest BCUT2D eigenvalue weighted by atomic mass is 35.5. The summed E-state index contributed by atoms with van der Waals surface area (Å²) in [6.07, 6.45) is 2.03. The molecule has 0 fully saturated rings. The fourth-order valence-electron chi connectivity index (χ4n) is 1.85. The molecule has 0 saturated heterocycles. The topological polar surface area (TPSA) is 50.9 Å². The van der Waals surface area contributed by atoms with Crippen molar-refractivity contribution in [1.82, 2.24) is 0 Å². The zero-order valence-electron chi connectivity index (χ0n) is 13.1. The van der Waals surface area contributed by atoms with Crippen molar-refractivity contribution < 1.29 is 4.74 Å². The molecule has 0 saturated carbocycles. The van der Waals surface area contributed by atoms with E-state index >= 15 is 0 Å². The summed E-state index contributed by atoms with van der Waals surface area (Å²) in [5.74, 6) is 1.04. The molecule has 0 radical (unpaired) electrons. The standard InChI is InChI=1S/C16H18ClN3OS.ClH/c1-20(11-5-4-6-13(9-11)22-3)16(18)19-15-10-12(21-2)7-8-14(15)17;/h4-10H,1-3H3,(H2,18,19);1H. The Labute approximate surface area is 152 Å². The lowest BCUT2D eigenvalue weighted by Gasteiger charge is -2.19. The van der Waals surface area contributed by atoms with Crippen molar-refractivity contribution in [3.63, 3.8) is 0 Å². The molecule has 2 aromatic carbocycles. The van der Waals surface area contributed by atoms with E-state index in [1.165, 1.54) is 0 Å². The Bertz CT molecular complexity index is 695. The SMILES string of the molecule is COc1ccc(Cl)c(N=C(N)N(C)c2cccc(SC)c2)c1.Cl.